The van der Waals surface area contributed by atoms with E-state index < -0.39 is 0 Å². The Balaban J connectivity index is 0. The first-order valence-corrected chi connectivity index (χ1v) is 4.63. The van der Waals surface area contributed by atoms with Gasteiger partial charge in [0.15, 0.2) is 0 Å². The van der Waals surface area contributed by atoms with Crippen molar-refractivity contribution < 1.29 is 73.4 Å². The van der Waals surface area contributed by atoms with Gasteiger partial charge in [-0.15, -0.1) is 0 Å². The zero-order valence-electron chi connectivity index (χ0n) is 7.91. The maximum Gasteiger partial charge on any atom is 1.00 e. The molecule has 0 aliphatic rings. The molecule has 0 saturated carbocycles. The van der Waals surface area contributed by atoms with Gasteiger partial charge in [0, 0.05) is 5.75 Å². The second-order valence-electron chi connectivity index (χ2n) is 1.75. The third kappa shape index (κ3) is 8.19. The van der Waals surface area contributed by atoms with E-state index in [1.807, 2.05) is 44.2 Å². The van der Waals surface area contributed by atoms with Crippen molar-refractivity contribution in [1.29, 1.82) is 0 Å². The van der Waals surface area contributed by atoms with Gasteiger partial charge in [-0.05, 0) is 5.56 Å². The van der Waals surface area contributed by atoms with Crippen LogP contribution in [0.5, 0.6) is 0 Å². The van der Waals surface area contributed by atoms with Crippen LogP contribution in [0.1, 0.15) is 19.4 Å². The van der Waals surface area contributed by atoms with E-state index in [0.29, 0.717) is 17.8 Å². The summed E-state index contributed by atoms with van der Waals surface area (Å²) < 4.78 is 10.0. The van der Waals surface area contributed by atoms with Crippen molar-refractivity contribution in [2.45, 2.75) is 19.6 Å². The van der Waals surface area contributed by atoms with Crippen LogP contribution in [0.2, 0.25) is 0 Å². The van der Waals surface area contributed by atoms with Crippen molar-refractivity contribution in [2.24, 2.45) is 0 Å². The molecule has 0 radical (unpaired) electrons. The van der Waals surface area contributed by atoms with Crippen molar-refractivity contribution in [1.82, 2.24) is 0 Å². The van der Waals surface area contributed by atoms with Gasteiger partial charge in [-0.25, -0.2) is 0 Å². The third-order valence-electron chi connectivity index (χ3n) is 1.07. The second-order valence-corrected chi connectivity index (χ2v) is 2.27. The van der Waals surface area contributed by atoms with E-state index in [9.17, 15) is 4.55 Å². The molecule has 1 rings (SSSR count). The Morgan fingerprint density at radius 2 is 1.67 bits per heavy atom. The third-order valence-corrected chi connectivity index (χ3v) is 1.52. The molecule has 1 aromatic carbocycles. The molecule has 0 bridgehead atoms. The van der Waals surface area contributed by atoms with Gasteiger partial charge in [-0.1, -0.05) is 44.2 Å². The molecule has 0 heterocycles. The van der Waals surface area contributed by atoms with Crippen molar-refractivity contribution in [3.63, 3.8) is 0 Å². The van der Waals surface area contributed by atoms with Crippen molar-refractivity contribution in [3.8, 4) is 0 Å². The predicted octanol–water partition coefficient (Wildman–Crippen LogP) is 0.0804. The summed E-state index contributed by atoms with van der Waals surface area (Å²) in [4.78, 5) is 0. The zero-order valence-corrected chi connectivity index (χ0v) is 15.0. The molecule has 0 amide bonds. The van der Waals surface area contributed by atoms with Crippen LogP contribution in [0.4, 0.5) is 0 Å². The fraction of sp³-hybridized carbons (Fsp3) is 0.333. The molecule has 0 unspecified atom stereocenters. The van der Waals surface area contributed by atoms with Crippen molar-refractivity contribution in [3.05, 3.63) is 35.9 Å². The molecule has 0 spiro atoms. The molecule has 0 aromatic heterocycles. The van der Waals surface area contributed by atoms with E-state index in [2.05, 4.69) is 0 Å². The first kappa shape index (κ1) is 16.0. The maximum absolute atomic E-state index is 10.0. The van der Waals surface area contributed by atoms with Crippen LogP contribution in [0, 0.1) is 0 Å². The largest absolute Gasteiger partial charge is 1.00 e. The molecular weight excluding hydrogens is 289 g/mol. The first-order valence-electron chi connectivity index (χ1n) is 3.72. The maximum atomic E-state index is 10.0. The van der Waals surface area contributed by atoms with E-state index in [-0.39, 0.29) is 68.9 Å². The van der Waals surface area contributed by atoms with E-state index in [0.717, 1.165) is 5.56 Å². The van der Waals surface area contributed by atoms with Crippen molar-refractivity contribution >= 4 is 12.0 Å². The molecule has 12 heavy (non-hydrogen) atoms. The summed E-state index contributed by atoms with van der Waals surface area (Å²) in [5.74, 6) is 0.570. The minimum Gasteiger partial charge on any atom is -0.799 e. The summed E-state index contributed by atoms with van der Waals surface area (Å²) in [6, 6.07) is 9.71. The molecule has 1 nitrogen and oxygen atoms in total. The monoisotopic (exact) mass is 302 g/mol. The van der Waals surface area contributed by atoms with Gasteiger partial charge in [-0.3, -0.25) is 12.0 Å². The summed E-state index contributed by atoms with van der Waals surface area (Å²) in [7, 11) is 0. The number of hydrogen-bond donors (Lipinski definition) is 0. The van der Waals surface area contributed by atoms with Crippen LogP contribution in [-0.2, 0) is 5.75 Å². The molecule has 0 fully saturated rings. The summed E-state index contributed by atoms with van der Waals surface area (Å²) in [6.45, 7) is 4.00. The summed E-state index contributed by atoms with van der Waals surface area (Å²) in [5.41, 5.74) is 1.09. The second kappa shape index (κ2) is 12.6. The molecular formula is C9H13CsOS. The fourth-order valence-electron chi connectivity index (χ4n) is 0.642. The molecule has 3 heteroatoms. The van der Waals surface area contributed by atoms with Gasteiger partial charge >= 0.3 is 68.9 Å². The predicted molar refractivity (Wildman–Crippen MR) is 49.9 cm³/mol. The zero-order chi connectivity index (χ0) is 8.53. The summed E-state index contributed by atoms with van der Waals surface area (Å²) in [5, 5.41) is 0. The molecule has 0 atom stereocenters. The number of hydrogen-bond acceptors (Lipinski definition) is 2. The minimum atomic E-state index is 0. The fourth-order valence-corrected chi connectivity index (χ4v) is 0.971. The molecule has 0 N–H and O–H groups in total. The molecule has 1 aromatic rings. The quantitative estimate of drug-likeness (QED) is 0.722. The Hall–Kier alpha value is 1.58. The Morgan fingerprint density at radius 1 is 1.17 bits per heavy atom. The standard InChI is InChI=1S/C7H8OS.C2H6.Cs/c8-9-6-7-4-2-1-3-5-7;1-2;/h1-5,8H,6H2;1-2H3;/q;;+1/p-1. The first-order chi connectivity index (χ1) is 5.43. The average Bonchev–Trinajstić information content (AvgIpc) is 2.11. The Morgan fingerprint density at radius 3 is 2.08 bits per heavy atom. The average molecular weight is 302 g/mol. The molecule has 0 saturated heterocycles. The summed E-state index contributed by atoms with van der Waals surface area (Å²) in [6.07, 6.45) is 0. The Kier molecular flexibility index (Phi) is 16.8. The topological polar surface area (TPSA) is 23.1 Å². The van der Waals surface area contributed by atoms with Crippen LogP contribution in [0.3, 0.4) is 0 Å². The number of benzene rings is 1. The normalized spacial score (nSPS) is 7.58. The van der Waals surface area contributed by atoms with Crippen LogP contribution in [0.25, 0.3) is 0 Å². The van der Waals surface area contributed by atoms with Gasteiger partial charge in [0.1, 0.15) is 0 Å². The van der Waals surface area contributed by atoms with Crippen LogP contribution < -0.4 is 68.9 Å². The van der Waals surface area contributed by atoms with Gasteiger partial charge in [0.2, 0.25) is 0 Å². The molecule has 0 aliphatic heterocycles. The van der Waals surface area contributed by atoms with Gasteiger partial charge < -0.3 is 4.55 Å². The van der Waals surface area contributed by atoms with Crippen LogP contribution in [-0.4, -0.2) is 4.55 Å². The van der Waals surface area contributed by atoms with E-state index in [1.165, 1.54) is 0 Å². The molecule has 0 aliphatic carbocycles. The van der Waals surface area contributed by atoms with E-state index in [1.54, 1.807) is 0 Å². The van der Waals surface area contributed by atoms with E-state index >= 15 is 0 Å². The van der Waals surface area contributed by atoms with Crippen molar-refractivity contribution in [2.75, 3.05) is 0 Å². The summed E-state index contributed by atoms with van der Waals surface area (Å²) >= 11 is 0.605. The van der Waals surface area contributed by atoms with Crippen LogP contribution >= 0.6 is 12.0 Å². The van der Waals surface area contributed by atoms with E-state index in [4.69, 9.17) is 0 Å². The SMILES string of the molecule is CC.[Cs+].[O-]SCc1ccccc1. The minimum absolute atomic E-state index is 0. The van der Waals surface area contributed by atoms with Gasteiger partial charge in [0.25, 0.3) is 0 Å². The Bertz CT molecular complexity index is 167. The van der Waals surface area contributed by atoms with Gasteiger partial charge in [0.05, 0.1) is 0 Å². The number of rotatable bonds is 2. The van der Waals surface area contributed by atoms with Crippen LogP contribution in [0.15, 0.2) is 30.3 Å². The smallest absolute Gasteiger partial charge is 0.799 e. The van der Waals surface area contributed by atoms with Gasteiger partial charge in [-0.2, -0.15) is 0 Å². The molecule has 62 valence electrons. The Labute approximate surface area is 138 Å².